The minimum Gasteiger partial charge on any atom is -0.396 e. The number of nitrogens with two attached hydrogens (primary N) is 1. The molecule has 0 unspecified atom stereocenters. The zero-order valence-electron chi connectivity index (χ0n) is 10.7. The first-order valence-electron chi connectivity index (χ1n) is 6.72. The highest BCUT2D eigenvalue weighted by Crippen LogP contribution is 2.28. The molecule has 0 bridgehead atoms. The summed E-state index contributed by atoms with van der Waals surface area (Å²) in [6.07, 6.45) is 10.1. The number of rotatable bonds is 5. The minimum atomic E-state index is 0.786. The van der Waals surface area contributed by atoms with Gasteiger partial charge in [0.1, 0.15) is 5.82 Å². The van der Waals surface area contributed by atoms with Crippen LogP contribution in [0.5, 0.6) is 0 Å². The van der Waals surface area contributed by atoms with Gasteiger partial charge in [0.05, 0.1) is 5.69 Å². The quantitative estimate of drug-likeness (QED) is 0.767. The average Bonchev–Trinajstić information content (AvgIpc) is 2.83. The SMILES string of the molecule is Cc1ccnc(NCCCC2CCCC2)c1N. The van der Waals surface area contributed by atoms with E-state index >= 15 is 0 Å². The Hall–Kier alpha value is -1.25. The van der Waals surface area contributed by atoms with Crippen molar-refractivity contribution in [3.63, 3.8) is 0 Å². The van der Waals surface area contributed by atoms with Crippen LogP contribution in [0.15, 0.2) is 12.3 Å². The highest BCUT2D eigenvalue weighted by Gasteiger charge is 2.14. The summed E-state index contributed by atoms with van der Waals surface area (Å²) in [4.78, 5) is 4.27. The molecule has 1 saturated carbocycles. The Morgan fingerprint density at radius 1 is 1.41 bits per heavy atom. The third-order valence-corrected chi connectivity index (χ3v) is 3.76. The van der Waals surface area contributed by atoms with Gasteiger partial charge in [-0.15, -0.1) is 0 Å². The monoisotopic (exact) mass is 233 g/mol. The van der Waals surface area contributed by atoms with Gasteiger partial charge in [0.15, 0.2) is 0 Å². The number of nitrogen functional groups attached to an aromatic ring is 1. The molecule has 1 fully saturated rings. The molecule has 3 nitrogen and oxygen atoms in total. The van der Waals surface area contributed by atoms with Crippen LogP contribution in [0.3, 0.4) is 0 Å². The lowest BCUT2D eigenvalue weighted by molar-refractivity contribution is 0.491. The number of nitrogens with one attached hydrogen (secondary N) is 1. The van der Waals surface area contributed by atoms with E-state index in [0.717, 1.165) is 29.5 Å². The molecule has 17 heavy (non-hydrogen) atoms. The molecule has 94 valence electrons. The molecule has 0 saturated heterocycles. The van der Waals surface area contributed by atoms with E-state index in [1.807, 2.05) is 19.2 Å². The fourth-order valence-corrected chi connectivity index (χ4v) is 2.61. The summed E-state index contributed by atoms with van der Waals surface area (Å²) in [5.74, 6) is 1.82. The van der Waals surface area contributed by atoms with E-state index in [2.05, 4.69) is 10.3 Å². The van der Waals surface area contributed by atoms with Crippen LogP contribution in [0.1, 0.15) is 44.1 Å². The maximum Gasteiger partial charge on any atom is 0.149 e. The molecule has 2 rings (SSSR count). The third kappa shape index (κ3) is 3.35. The molecule has 1 aliphatic carbocycles. The molecule has 1 aromatic heterocycles. The van der Waals surface area contributed by atoms with Gasteiger partial charge in [0.2, 0.25) is 0 Å². The summed E-state index contributed by atoms with van der Waals surface area (Å²) in [6, 6.07) is 1.94. The van der Waals surface area contributed by atoms with Gasteiger partial charge < -0.3 is 11.1 Å². The number of nitrogens with zero attached hydrogens (tertiary/aromatic N) is 1. The first-order chi connectivity index (χ1) is 8.27. The predicted octanol–water partition coefficient (Wildman–Crippen LogP) is 3.35. The van der Waals surface area contributed by atoms with Crippen LogP contribution in [0.25, 0.3) is 0 Å². The molecule has 0 amide bonds. The van der Waals surface area contributed by atoms with E-state index in [9.17, 15) is 0 Å². The van der Waals surface area contributed by atoms with Crippen LogP contribution < -0.4 is 11.1 Å². The molecule has 1 aliphatic rings. The van der Waals surface area contributed by atoms with Crippen molar-refractivity contribution in [3.8, 4) is 0 Å². The maximum absolute atomic E-state index is 5.96. The van der Waals surface area contributed by atoms with Crippen LogP contribution in [-0.4, -0.2) is 11.5 Å². The Morgan fingerprint density at radius 3 is 2.94 bits per heavy atom. The molecule has 1 heterocycles. The van der Waals surface area contributed by atoms with Gasteiger partial charge in [-0.25, -0.2) is 4.98 Å². The lowest BCUT2D eigenvalue weighted by Crippen LogP contribution is -2.08. The second-order valence-corrected chi connectivity index (χ2v) is 5.11. The van der Waals surface area contributed by atoms with Gasteiger partial charge in [-0.05, 0) is 37.3 Å². The van der Waals surface area contributed by atoms with E-state index < -0.39 is 0 Å². The molecule has 0 aliphatic heterocycles. The predicted molar refractivity (Wildman–Crippen MR) is 73.1 cm³/mol. The molecule has 1 aromatic rings. The number of hydrogen-bond acceptors (Lipinski definition) is 3. The van der Waals surface area contributed by atoms with Crippen LogP contribution in [0.2, 0.25) is 0 Å². The Kier molecular flexibility index (Phi) is 4.24. The molecule has 0 spiro atoms. The Labute approximate surface area is 104 Å². The van der Waals surface area contributed by atoms with Gasteiger partial charge in [0.25, 0.3) is 0 Å². The van der Waals surface area contributed by atoms with Gasteiger partial charge in [-0.2, -0.15) is 0 Å². The van der Waals surface area contributed by atoms with E-state index in [-0.39, 0.29) is 0 Å². The van der Waals surface area contributed by atoms with Crippen molar-refractivity contribution in [1.82, 2.24) is 4.98 Å². The van der Waals surface area contributed by atoms with Crippen LogP contribution >= 0.6 is 0 Å². The normalized spacial score (nSPS) is 16.3. The molecular formula is C14H23N3. The molecule has 3 N–H and O–H groups in total. The lowest BCUT2D eigenvalue weighted by Gasteiger charge is -2.11. The lowest BCUT2D eigenvalue weighted by atomic mass is 10.0. The Balaban J connectivity index is 1.72. The number of pyridine rings is 1. The fourth-order valence-electron chi connectivity index (χ4n) is 2.61. The summed E-state index contributed by atoms with van der Waals surface area (Å²) in [5.41, 5.74) is 7.84. The van der Waals surface area contributed by atoms with Crippen LogP contribution in [0, 0.1) is 12.8 Å². The van der Waals surface area contributed by atoms with Crippen molar-refractivity contribution in [2.24, 2.45) is 5.92 Å². The van der Waals surface area contributed by atoms with Gasteiger partial charge in [-0.1, -0.05) is 25.7 Å². The number of hydrogen-bond donors (Lipinski definition) is 2. The number of aryl methyl sites for hydroxylation is 1. The zero-order valence-corrected chi connectivity index (χ0v) is 10.7. The summed E-state index contributed by atoms with van der Waals surface area (Å²) in [5, 5.41) is 3.34. The van der Waals surface area contributed by atoms with Crippen molar-refractivity contribution in [2.45, 2.75) is 45.4 Å². The summed E-state index contributed by atoms with van der Waals surface area (Å²) < 4.78 is 0. The third-order valence-electron chi connectivity index (χ3n) is 3.76. The zero-order chi connectivity index (χ0) is 12.1. The van der Waals surface area contributed by atoms with E-state index in [4.69, 9.17) is 5.73 Å². The van der Waals surface area contributed by atoms with E-state index in [1.165, 1.54) is 38.5 Å². The van der Waals surface area contributed by atoms with Crippen molar-refractivity contribution < 1.29 is 0 Å². The minimum absolute atomic E-state index is 0.786. The molecule has 0 atom stereocenters. The van der Waals surface area contributed by atoms with Crippen molar-refractivity contribution >= 4 is 11.5 Å². The first-order valence-corrected chi connectivity index (χ1v) is 6.72. The molecular weight excluding hydrogens is 210 g/mol. The van der Waals surface area contributed by atoms with Gasteiger partial charge >= 0.3 is 0 Å². The van der Waals surface area contributed by atoms with Crippen molar-refractivity contribution in [3.05, 3.63) is 17.8 Å². The summed E-state index contributed by atoms with van der Waals surface area (Å²) in [6.45, 7) is 3.00. The van der Waals surface area contributed by atoms with Crippen molar-refractivity contribution in [2.75, 3.05) is 17.6 Å². The molecule has 0 aromatic carbocycles. The Bertz CT molecular complexity index is 356. The molecule has 3 heteroatoms. The van der Waals surface area contributed by atoms with E-state index in [0.29, 0.717) is 0 Å². The second kappa shape index (κ2) is 5.89. The Morgan fingerprint density at radius 2 is 2.18 bits per heavy atom. The van der Waals surface area contributed by atoms with Gasteiger partial charge in [0, 0.05) is 12.7 Å². The van der Waals surface area contributed by atoms with Crippen molar-refractivity contribution in [1.29, 1.82) is 0 Å². The van der Waals surface area contributed by atoms with Gasteiger partial charge in [-0.3, -0.25) is 0 Å². The fraction of sp³-hybridized carbons (Fsp3) is 0.643. The van der Waals surface area contributed by atoms with E-state index in [1.54, 1.807) is 0 Å². The maximum atomic E-state index is 5.96. The van der Waals surface area contributed by atoms with Crippen LogP contribution in [-0.2, 0) is 0 Å². The highest BCUT2D eigenvalue weighted by atomic mass is 15.0. The average molecular weight is 233 g/mol. The number of aromatic nitrogens is 1. The molecule has 0 radical (unpaired) electrons. The standard InChI is InChI=1S/C14H23N3/c1-11-8-10-17-14(13(11)15)16-9-4-7-12-5-2-3-6-12/h8,10,12H,2-7,9,15H2,1H3,(H,16,17). The number of anilines is 2. The largest absolute Gasteiger partial charge is 0.396 e. The van der Waals surface area contributed by atoms with Crippen LogP contribution in [0.4, 0.5) is 11.5 Å². The topological polar surface area (TPSA) is 50.9 Å². The highest BCUT2D eigenvalue weighted by molar-refractivity contribution is 5.64. The smallest absolute Gasteiger partial charge is 0.149 e. The summed E-state index contributed by atoms with van der Waals surface area (Å²) in [7, 11) is 0. The first kappa shape index (κ1) is 12.2. The second-order valence-electron chi connectivity index (χ2n) is 5.11. The summed E-state index contributed by atoms with van der Waals surface area (Å²) >= 11 is 0.